The lowest BCUT2D eigenvalue weighted by molar-refractivity contribution is 0.566. The molecule has 1 aromatic heterocycles. The first kappa shape index (κ1) is 14.4. The maximum Gasteiger partial charge on any atom is 0.285 e. The molecule has 0 aliphatic carbocycles. The van der Waals surface area contributed by atoms with E-state index in [0.29, 0.717) is 11.3 Å². The number of rotatable bonds is 2. The highest BCUT2D eigenvalue weighted by molar-refractivity contribution is 5.37. The van der Waals surface area contributed by atoms with Gasteiger partial charge in [-0.25, -0.2) is 9.07 Å². The molecule has 0 unspecified atom stereocenters. The number of benzene rings is 1. The average molecular weight is 282 g/mol. The van der Waals surface area contributed by atoms with Gasteiger partial charge in [0.15, 0.2) is 0 Å². The molecule has 0 spiro atoms. The number of halogens is 1. The van der Waals surface area contributed by atoms with E-state index in [4.69, 9.17) is 10.5 Å². The summed E-state index contributed by atoms with van der Waals surface area (Å²) < 4.78 is 14.9. The number of nitriles is 2. The summed E-state index contributed by atoms with van der Waals surface area (Å²) in [6.45, 7) is 3.24. The van der Waals surface area contributed by atoms with Gasteiger partial charge in [-0.3, -0.25) is 4.79 Å². The molecule has 104 valence electrons. The normalized spacial score (nSPS) is 9.95. The van der Waals surface area contributed by atoms with Crippen molar-refractivity contribution in [2.24, 2.45) is 0 Å². The lowest BCUT2D eigenvalue weighted by atomic mass is 10.1. The smallest absolute Gasteiger partial charge is 0.266 e. The Kier molecular flexibility index (Phi) is 3.82. The zero-order chi connectivity index (χ0) is 15.6. The Labute approximate surface area is 120 Å². The fraction of sp³-hybridized carbons (Fsp3) is 0.200. The second-order valence-corrected chi connectivity index (χ2v) is 4.58. The van der Waals surface area contributed by atoms with Gasteiger partial charge in [0.05, 0.1) is 23.9 Å². The lowest BCUT2D eigenvalue weighted by Gasteiger charge is -2.09. The van der Waals surface area contributed by atoms with E-state index in [0.717, 1.165) is 10.7 Å². The van der Waals surface area contributed by atoms with Crippen LogP contribution in [0, 0.1) is 42.3 Å². The molecule has 6 heteroatoms. The van der Waals surface area contributed by atoms with Gasteiger partial charge in [0.1, 0.15) is 17.4 Å². The van der Waals surface area contributed by atoms with Gasteiger partial charge in [-0.1, -0.05) is 6.07 Å². The van der Waals surface area contributed by atoms with E-state index in [2.05, 4.69) is 5.10 Å². The van der Waals surface area contributed by atoms with Gasteiger partial charge in [-0.15, -0.1) is 0 Å². The number of nitrogens with zero attached hydrogens (tertiary/aromatic N) is 4. The third-order valence-electron chi connectivity index (χ3n) is 3.25. The number of aromatic nitrogens is 2. The van der Waals surface area contributed by atoms with E-state index in [1.807, 2.05) is 12.1 Å². The van der Waals surface area contributed by atoms with Crippen molar-refractivity contribution in [3.63, 3.8) is 0 Å². The number of hydrogen-bond acceptors (Lipinski definition) is 4. The summed E-state index contributed by atoms with van der Waals surface area (Å²) in [5.74, 6) is -0.584. The summed E-state index contributed by atoms with van der Waals surface area (Å²) >= 11 is 0. The molecule has 0 aliphatic heterocycles. The Morgan fingerprint density at radius 3 is 2.57 bits per heavy atom. The highest BCUT2D eigenvalue weighted by atomic mass is 19.1. The van der Waals surface area contributed by atoms with Gasteiger partial charge in [-0.05, 0) is 31.5 Å². The van der Waals surface area contributed by atoms with Crippen molar-refractivity contribution in [1.82, 2.24) is 9.78 Å². The van der Waals surface area contributed by atoms with Crippen LogP contribution in [-0.2, 0) is 6.54 Å². The first-order chi connectivity index (χ1) is 9.97. The molecule has 2 aromatic rings. The topological polar surface area (TPSA) is 82.5 Å². The Morgan fingerprint density at radius 1 is 1.29 bits per heavy atom. The molecule has 0 atom stereocenters. The van der Waals surface area contributed by atoms with Crippen molar-refractivity contribution >= 4 is 0 Å². The van der Waals surface area contributed by atoms with Crippen LogP contribution in [0.1, 0.15) is 27.9 Å². The predicted molar refractivity (Wildman–Crippen MR) is 72.9 cm³/mol. The van der Waals surface area contributed by atoms with Crippen LogP contribution in [0.3, 0.4) is 0 Å². The molecule has 0 bridgehead atoms. The molecule has 1 heterocycles. The van der Waals surface area contributed by atoms with E-state index in [-0.39, 0.29) is 23.2 Å². The number of hydrogen-bond donors (Lipinski definition) is 0. The second-order valence-electron chi connectivity index (χ2n) is 4.58. The summed E-state index contributed by atoms with van der Waals surface area (Å²) in [7, 11) is 0. The summed E-state index contributed by atoms with van der Waals surface area (Å²) in [4.78, 5) is 12.1. The van der Waals surface area contributed by atoms with Crippen molar-refractivity contribution < 1.29 is 4.39 Å². The first-order valence-electron chi connectivity index (χ1n) is 6.15. The van der Waals surface area contributed by atoms with Crippen LogP contribution in [0.2, 0.25) is 0 Å². The summed E-state index contributed by atoms with van der Waals surface area (Å²) in [5, 5.41) is 21.8. The second kappa shape index (κ2) is 5.56. The Morgan fingerprint density at radius 2 is 2.00 bits per heavy atom. The van der Waals surface area contributed by atoms with Crippen LogP contribution in [0.5, 0.6) is 0 Å². The minimum Gasteiger partial charge on any atom is -0.266 e. The molecule has 5 nitrogen and oxygen atoms in total. The van der Waals surface area contributed by atoms with Crippen LogP contribution < -0.4 is 5.56 Å². The van der Waals surface area contributed by atoms with Crippen molar-refractivity contribution in [2.75, 3.05) is 0 Å². The van der Waals surface area contributed by atoms with Crippen LogP contribution in [0.15, 0.2) is 23.0 Å². The molecular weight excluding hydrogens is 271 g/mol. The maximum absolute atomic E-state index is 13.9. The molecule has 0 amide bonds. The van der Waals surface area contributed by atoms with Crippen molar-refractivity contribution in [3.8, 4) is 12.1 Å². The zero-order valence-corrected chi connectivity index (χ0v) is 11.5. The van der Waals surface area contributed by atoms with E-state index >= 15 is 0 Å². The van der Waals surface area contributed by atoms with Gasteiger partial charge in [-0.2, -0.15) is 15.6 Å². The maximum atomic E-state index is 13.9. The molecule has 0 N–H and O–H groups in total. The summed E-state index contributed by atoms with van der Waals surface area (Å²) in [6, 6.07) is 7.70. The van der Waals surface area contributed by atoms with Crippen LogP contribution in [-0.4, -0.2) is 9.78 Å². The standard InChI is InChI=1S/C15H11FN4O/c1-9-10(2)19-20(15(21)13(9)7-18)8-12-4-3-11(6-17)5-14(12)16/h3-5H,8H2,1-2H3. The molecule has 0 fully saturated rings. The fourth-order valence-electron chi connectivity index (χ4n) is 1.92. The zero-order valence-electron chi connectivity index (χ0n) is 11.5. The highest BCUT2D eigenvalue weighted by Crippen LogP contribution is 2.12. The van der Waals surface area contributed by atoms with Gasteiger partial charge in [0.2, 0.25) is 0 Å². The predicted octanol–water partition coefficient (Wildman–Crippen LogP) is 1.79. The van der Waals surface area contributed by atoms with E-state index < -0.39 is 11.4 Å². The van der Waals surface area contributed by atoms with Crippen molar-refractivity contribution in [3.05, 3.63) is 62.3 Å². The Bertz CT molecular complexity index is 856. The van der Waals surface area contributed by atoms with Gasteiger partial charge >= 0.3 is 0 Å². The van der Waals surface area contributed by atoms with Crippen LogP contribution in [0.25, 0.3) is 0 Å². The van der Waals surface area contributed by atoms with Crippen LogP contribution >= 0.6 is 0 Å². The Hall–Kier alpha value is -2.99. The molecule has 1 aromatic carbocycles. The van der Waals surface area contributed by atoms with Crippen molar-refractivity contribution in [2.45, 2.75) is 20.4 Å². The average Bonchev–Trinajstić information content (AvgIpc) is 2.47. The highest BCUT2D eigenvalue weighted by Gasteiger charge is 2.13. The van der Waals surface area contributed by atoms with Gasteiger partial charge in [0.25, 0.3) is 5.56 Å². The molecular formula is C15H11FN4O. The van der Waals surface area contributed by atoms with E-state index in [1.54, 1.807) is 13.8 Å². The van der Waals surface area contributed by atoms with Gasteiger partial charge < -0.3 is 0 Å². The molecule has 0 aliphatic rings. The largest absolute Gasteiger partial charge is 0.285 e. The van der Waals surface area contributed by atoms with Crippen LogP contribution in [0.4, 0.5) is 4.39 Å². The fourth-order valence-corrected chi connectivity index (χ4v) is 1.92. The quantitative estimate of drug-likeness (QED) is 0.840. The minimum absolute atomic E-state index is 0.0107. The first-order valence-corrected chi connectivity index (χ1v) is 6.15. The molecule has 0 saturated carbocycles. The molecule has 21 heavy (non-hydrogen) atoms. The third-order valence-corrected chi connectivity index (χ3v) is 3.25. The Balaban J connectivity index is 2.51. The number of aryl methyl sites for hydroxylation is 1. The molecule has 0 saturated heterocycles. The third kappa shape index (κ3) is 2.65. The summed E-state index contributed by atoms with van der Waals surface area (Å²) in [5.41, 5.74) is 0.963. The molecule has 0 radical (unpaired) electrons. The van der Waals surface area contributed by atoms with Gasteiger partial charge in [0, 0.05) is 5.56 Å². The monoisotopic (exact) mass is 282 g/mol. The lowest BCUT2D eigenvalue weighted by Crippen LogP contribution is -2.28. The summed E-state index contributed by atoms with van der Waals surface area (Å²) in [6.07, 6.45) is 0. The van der Waals surface area contributed by atoms with E-state index in [1.165, 1.54) is 12.1 Å². The van der Waals surface area contributed by atoms with Crippen molar-refractivity contribution in [1.29, 1.82) is 10.5 Å². The minimum atomic E-state index is -0.584. The molecule has 2 rings (SSSR count). The SMILES string of the molecule is Cc1nn(Cc2ccc(C#N)cc2F)c(=O)c(C#N)c1C. The van der Waals surface area contributed by atoms with E-state index in [9.17, 15) is 9.18 Å².